The molecule has 2 fully saturated rings. The fraction of sp³-hybridized carbons (Fsp3) is 0.375. The Balaban J connectivity index is 1.26. The second kappa shape index (κ2) is 12.2. The van der Waals surface area contributed by atoms with Crippen molar-refractivity contribution in [2.24, 2.45) is 0 Å². The molecule has 11 heteroatoms. The maximum absolute atomic E-state index is 13.8. The molecule has 3 aliphatic rings. The van der Waals surface area contributed by atoms with Gasteiger partial charge in [-0.15, -0.1) is 0 Å². The van der Waals surface area contributed by atoms with Gasteiger partial charge in [-0.25, -0.2) is 4.39 Å². The minimum absolute atomic E-state index is 0.0402. The number of aromatic nitrogens is 1. The molecule has 43 heavy (non-hydrogen) atoms. The number of fused-ring (bicyclic) bond motifs is 1. The first kappa shape index (κ1) is 30.1. The molecule has 2 N–H and O–H groups in total. The highest BCUT2D eigenvalue weighted by molar-refractivity contribution is 7.84. The van der Waals surface area contributed by atoms with E-state index in [0.29, 0.717) is 74.6 Å². The third-order valence-corrected chi connectivity index (χ3v) is 10.7. The second-order valence-corrected chi connectivity index (χ2v) is 13.8. The van der Waals surface area contributed by atoms with Crippen LogP contribution in [0.4, 0.5) is 10.1 Å². The summed E-state index contributed by atoms with van der Waals surface area (Å²) < 4.78 is 27.1. The van der Waals surface area contributed by atoms with Gasteiger partial charge in [-0.05, 0) is 75.1 Å². The highest BCUT2D eigenvalue weighted by Gasteiger charge is 2.35. The first-order valence-electron chi connectivity index (χ1n) is 14.5. The topological polar surface area (TPSA) is 85.5 Å². The maximum atomic E-state index is 13.8. The summed E-state index contributed by atoms with van der Waals surface area (Å²) in [5.74, 6) is -0.175. The van der Waals surface area contributed by atoms with Crippen molar-refractivity contribution >= 4 is 63.2 Å². The molecule has 3 aromatic rings. The van der Waals surface area contributed by atoms with Gasteiger partial charge in [0.1, 0.15) is 6.17 Å². The lowest BCUT2D eigenvalue weighted by atomic mass is 10.0. The van der Waals surface area contributed by atoms with E-state index in [9.17, 15) is 18.2 Å². The standard InChI is InChI=1S/C32H33Cl2FN4O3S/c1-18-29(36-19(2)30(18)32(41)39-11-4-5-21(39)16-38-12-10-20(35)15-38)14-24-23-13-22(8-9-28(23)37-31(24)40)43(42)17-25-26(33)6-3-7-27(25)34/h3,6-9,13-14,20-21,36H,4-5,10-12,15-17H2,1-2H3,(H,37,40)/b24-14-/t20-,21+,43?/m1/s1. The Hall–Kier alpha value is -2.98. The van der Waals surface area contributed by atoms with Crippen molar-refractivity contribution < 1.29 is 18.2 Å². The summed E-state index contributed by atoms with van der Waals surface area (Å²) in [5, 5.41) is 3.79. The summed E-state index contributed by atoms with van der Waals surface area (Å²) >= 11 is 12.6. The number of hydrogen-bond donors (Lipinski definition) is 2. The van der Waals surface area contributed by atoms with Crippen LogP contribution in [0.3, 0.4) is 0 Å². The summed E-state index contributed by atoms with van der Waals surface area (Å²) in [7, 11) is -1.46. The molecule has 3 atom stereocenters. The molecule has 3 aliphatic heterocycles. The quantitative estimate of drug-likeness (QED) is 0.293. The molecule has 0 saturated carbocycles. The van der Waals surface area contributed by atoms with Crippen molar-refractivity contribution in [1.29, 1.82) is 0 Å². The van der Waals surface area contributed by atoms with Crippen LogP contribution in [0.5, 0.6) is 0 Å². The molecule has 2 saturated heterocycles. The smallest absolute Gasteiger partial charge is 0.256 e. The minimum Gasteiger partial charge on any atom is -0.358 e. The summed E-state index contributed by atoms with van der Waals surface area (Å²) in [5.41, 5.74) is 5.06. The van der Waals surface area contributed by atoms with Crippen molar-refractivity contribution in [1.82, 2.24) is 14.8 Å². The number of carbonyl (C=O) groups is 2. The molecular weight excluding hydrogens is 610 g/mol. The van der Waals surface area contributed by atoms with Gasteiger partial charge in [0.15, 0.2) is 0 Å². The van der Waals surface area contributed by atoms with Crippen LogP contribution < -0.4 is 5.32 Å². The number of nitrogens with one attached hydrogen (secondary N) is 2. The van der Waals surface area contributed by atoms with Crippen LogP contribution in [0.15, 0.2) is 41.3 Å². The Morgan fingerprint density at radius 1 is 1.14 bits per heavy atom. The van der Waals surface area contributed by atoms with Gasteiger partial charge >= 0.3 is 0 Å². The van der Waals surface area contributed by atoms with Crippen molar-refractivity contribution in [2.75, 3.05) is 31.5 Å². The molecule has 0 bridgehead atoms. The lowest BCUT2D eigenvalue weighted by Crippen LogP contribution is -2.43. The van der Waals surface area contributed by atoms with E-state index in [4.69, 9.17) is 23.2 Å². The van der Waals surface area contributed by atoms with Crippen molar-refractivity contribution in [2.45, 2.75) is 56.0 Å². The largest absolute Gasteiger partial charge is 0.358 e. The third-order valence-electron chi connectivity index (χ3n) is 8.67. The van der Waals surface area contributed by atoms with E-state index in [1.807, 2.05) is 18.7 Å². The SMILES string of the molecule is Cc1[nH]c(/C=C2\C(=O)Nc3ccc(S(=O)Cc4c(Cl)cccc4Cl)cc32)c(C)c1C(=O)N1CCC[C@H]1CN1CC[C@@H](F)C1. The number of hydrogen-bond acceptors (Lipinski definition) is 4. The van der Waals surface area contributed by atoms with Crippen LogP contribution in [0.25, 0.3) is 11.6 Å². The Morgan fingerprint density at radius 3 is 2.63 bits per heavy atom. The molecule has 0 radical (unpaired) electrons. The number of alkyl halides is 1. The van der Waals surface area contributed by atoms with Gasteiger partial charge in [0, 0.05) is 75.4 Å². The predicted octanol–water partition coefficient (Wildman–Crippen LogP) is 6.39. The number of amides is 2. The number of likely N-dealkylation sites (tertiary alicyclic amines) is 2. The number of aromatic amines is 1. The highest BCUT2D eigenvalue weighted by Crippen LogP contribution is 2.37. The second-order valence-electron chi connectivity index (χ2n) is 11.5. The van der Waals surface area contributed by atoms with Crippen LogP contribution >= 0.6 is 23.2 Å². The van der Waals surface area contributed by atoms with Crippen LogP contribution in [0.2, 0.25) is 10.0 Å². The number of aryl methyl sites for hydroxylation is 1. The van der Waals surface area contributed by atoms with E-state index in [1.165, 1.54) is 0 Å². The molecular formula is C32H33Cl2FN4O3S. The van der Waals surface area contributed by atoms with E-state index in [-0.39, 0.29) is 23.6 Å². The van der Waals surface area contributed by atoms with Gasteiger partial charge in [0.25, 0.3) is 11.8 Å². The Morgan fingerprint density at radius 2 is 1.91 bits per heavy atom. The van der Waals surface area contributed by atoms with E-state index in [1.54, 1.807) is 42.5 Å². The lowest BCUT2D eigenvalue weighted by Gasteiger charge is -2.28. The zero-order valence-electron chi connectivity index (χ0n) is 24.0. The molecule has 1 unspecified atom stereocenters. The molecule has 2 amide bonds. The Kier molecular flexibility index (Phi) is 8.52. The van der Waals surface area contributed by atoms with Crippen molar-refractivity contribution in [3.8, 4) is 0 Å². The zero-order chi connectivity index (χ0) is 30.4. The number of anilines is 1. The average Bonchev–Trinajstić information content (AvgIpc) is 3.73. The normalized spacial score (nSPS) is 21.9. The number of benzene rings is 2. The molecule has 1 aromatic heterocycles. The first-order valence-corrected chi connectivity index (χ1v) is 16.5. The van der Waals surface area contributed by atoms with Gasteiger partial charge in [-0.1, -0.05) is 29.3 Å². The van der Waals surface area contributed by atoms with Crippen molar-refractivity contribution in [3.05, 3.63) is 80.1 Å². The number of carbonyl (C=O) groups excluding carboxylic acids is 2. The Labute approximate surface area is 262 Å². The number of nitrogens with zero attached hydrogens (tertiary/aromatic N) is 2. The summed E-state index contributed by atoms with van der Waals surface area (Å²) in [6.07, 6.45) is 3.35. The molecule has 4 heterocycles. The van der Waals surface area contributed by atoms with Gasteiger partial charge in [0.05, 0.1) is 27.7 Å². The maximum Gasteiger partial charge on any atom is 0.256 e. The molecule has 0 aliphatic carbocycles. The van der Waals surface area contributed by atoms with E-state index in [2.05, 4.69) is 15.2 Å². The molecule has 2 aromatic carbocycles. The van der Waals surface area contributed by atoms with Crippen molar-refractivity contribution in [3.63, 3.8) is 0 Å². The van der Waals surface area contributed by atoms with Crippen LogP contribution in [-0.2, 0) is 21.3 Å². The Bertz CT molecular complexity index is 1650. The van der Waals surface area contributed by atoms with E-state index in [0.717, 1.165) is 30.6 Å². The van der Waals surface area contributed by atoms with Gasteiger partial charge in [-0.2, -0.15) is 0 Å². The monoisotopic (exact) mass is 642 g/mol. The lowest BCUT2D eigenvalue weighted by molar-refractivity contribution is -0.110. The van der Waals surface area contributed by atoms with Gasteiger partial charge in [-0.3, -0.25) is 18.7 Å². The van der Waals surface area contributed by atoms with Crippen LogP contribution in [-0.4, -0.2) is 69.2 Å². The first-order chi connectivity index (χ1) is 20.6. The van der Waals surface area contributed by atoms with E-state index < -0.39 is 17.0 Å². The average molecular weight is 644 g/mol. The third kappa shape index (κ3) is 5.92. The van der Waals surface area contributed by atoms with Gasteiger partial charge in [0.2, 0.25) is 0 Å². The predicted molar refractivity (Wildman–Crippen MR) is 170 cm³/mol. The summed E-state index contributed by atoms with van der Waals surface area (Å²) in [4.78, 5) is 34.8. The molecule has 0 spiro atoms. The molecule has 226 valence electrons. The zero-order valence-corrected chi connectivity index (χ0v) is 26.3. The summed E-state index contributed by atoms with van der Waals surface area (Å²) in [6.45, 7) is 6.28. The van der Waals surface area contributed by atoms with E-state index >= 15 is 0 Å². The highest BCUT2D eigenvalue weighted by atomic mass is 35.5. The molecule has 7 nitrogen and oxygen atoms in total. The number of H-pyrrole nitrogens is 1. The fourth-order valence-electron chi connectivity index (χ4n) is 6.41. The fourth-order valence-corrected chi connectivity index (χ4v) is 8.30. The number of rotatable bonds is 7. The summed E-state index contributed by atoms with van der Waals surface area (Å²) in [6, 6.07) is 10.5. The van der Waals surface area contributed by atoms with Crippen LogP contribution in [0, 0.1) is 13.8 Å². The molecule has 6 rings (SSSR count). The van der Waals surface area contributed by atoms with Gasteiger partial charge < -0.3 is 15.2 Å². The van der Waals surface area contributed by atoms with Crippen LogP contribution in [0.1, 0.15) is 57.7 Å². The minimum atomic E-state index is -1.46. The number of halogens is 3.